The minimum Gasteiger partial charge on any atom is -0.444 e. The summed E-state index contributed by atoms with van der Waals surface area (Å²) >= 11 is 2.21. The normalized spacial score (nSPS) is 12.1. The van der Waals surface area contributed by atoms with Gasteiger partial charge in [0.2, 0.25) is 5.91 Å². The van der Waals surface area contributed by atoms with Crippen molar-refractivity contribution in [1.82, 2.24) is 20.3 Å². The van der Waals surface area contributed by atoms with Crippen LogP contribution in [-0.4, -0.2) is 38.6 Å². The zero-order valence-electron chi connectivity index (χ0n) is 23.2. The summed E-state index contributed by atoms with van der Waals surface area (Å²) in [6.07, 6.45) is 2.98. The van der Waals surface area contributed by atoms with Crippen LogP contribution in [0.4, 0.5) is 15.0 Å². The Hall–Kier alpha value is -4.32. The van der Waals surface area contributed by atoms with Crippen LogP contribution in [-0.2, 0) is 16.0 Å². The number of anilines is 1. The van der Waals surface area contributed by atoms with Crippen LogP contribution in [0.5, 0.6) is 0 Å². The second kappa shape index (κ2) is 12.3. The number of aromatic nitrogens is 3. The standard InChI is InChI=1S/C32H29FIN5O3/c1-32(2,3)42-31(41)36-25(18-19-4-10-23(34)11-5-19)30(40)38-26-13-12-24-27(20-14-16-35-17-15-20)28(39-29(24)37-26)21-6-8-22(33)9-7-21/h4-17,25H,18H2,1-3H3,(H,36,41)(H2,37,38,39,40). The zero-order chi connectivity index (χ0) is 29.9. The SMILES string of the molecule is CC(C)(C)OC(=O)NC(Cc1ccc(I)cc1)C(=O)Nc1ccc2c(-c3ccncc3)c(-c3ccc(F)cc3)[nH]c2n1. The first-order valence-electron chi connectivity index (χ1n) is 13.3. The minimum absolute atomic E-state index is 0.258. The molecule has 0 aliphatic rings. The van der Waals surface area contributed by atoms with E-state index in [2.05, 4.69) is 48.2 Å². The number of ether oxygens (including phenoxy) is 1. The topological polar surface area (TPSA) is 109 Å². The van der Waals surface area contributed by atoms with E-state index in [-0.39, 0.29) is 12.2 Å². The van der Waals surface area contributed by atoms with Crippen LogP contribution in [0, 0.1) is 9.39 Å². The summed E-state index contributed by atoms with van der Waals surface area (Å²) in [5, 5.41) is 6.38. The molecule has 0 aliphatic carbocycles. The lowest BCUT2D eigenvalue weighted by molar-refractivity contribution is -0.118. The highest BCUT2D eigenvalue weighted by atomic mass is 127. The highest BCUT2D eigenvalue weighted by Crippen LogP contribution is 2.38. The van der Waals surface area contributed by atoms with Crippen LogP contribution in [0.25, 0.3) is 33.4 Å². The van der Waals surface area contributed by atoms with Gasteiger partial charge in [-0.2, -0.15) is 0 Å². The Labute approximate surface area is 256 Å². The molecule has 0 aliphatic heterocycles. The first-order chi connectivity index (χ1) is 20.1. The van der Waals surface area contributed by atoms with Crippen molar-refractivity contribution in [2.24, 2.45) is 0 Å². The zero-order valence-corrected chi connectivity index (χ0v) is 25.4. The van der Waals surface area contributed by atoms with Crippen LogP contribution in [0.3, 0.4) is 0 Å². The van der Waals surface area contributed by atoms with E-state index in [0.29, 0.717) is 11.5 Å². The maximum Gasteiger partial charge on any atom is 0.408 e. The van der Waals surface area contributed by atoms with Crippen LogP contribution >= 0.6 is 22.6 Å². The van der Waals surface area contributed by atoms with E-state index in [1.165, 1.54) is 12.1 Å². The Kier molecular flexibility index (Phi) is 8.53. The molecular weight excluding hydrogens is 648 g/mol. The second-order valence-corrected chi connectivity index (χ2v) is 12.0. The number of pyridine rings is 2. The van der Waals surface area contributed by atoms with Crippen molar-refractivity contribution < 1.29 is 18.7 Å². The first kappa shape index (κ1) is 29.2. The van der Waals surface area contributed by atoms with Crippen molar-refractivity contribution in [1.29, 1.82) is 0 Å². The highest BCUT2D eigenvalue weighted by molar-refractivity contribution is 14.1. The lowest BCUT2D eigenvalue weighted by atomic mass is 10.00. The lowest BCUT2D eigenvalue weighted by Gasteiger charge is -2.23. The predicted molar refractivity (Wildman–Crippen MR) is 169 cm³/mol. The molecule has 0 saturated carbocycles. The third-order valence-electron chi connectivity index (χ3n) is 6.37. The molecule has 3 heterocycles. The molecule has 5 rings (SSSR count). The Morgan fingerprint density at radius 2 is 1.64 bits per heavy atom. The Balaban J connectivity index is 1.46. The fraction of sp³-hybridized carbons (Fsp3) is 0.188. The molecule has 3 N–H and O–H groups in total. The van der Waals surface area contributed by atoms with E-state index in [9.17, 15) is 14.0 Å². The molecule has 10 heteroatoms. The monoisotopic (exact) mass is 677 g/mol. The number of hydrogen-bond donors (Lipinski definition) is 3. The third kappa shape index (κ3) is 7.11. The summed E-state index contributed by atoms with van der Waals surface area (Å²) in [6.45, 7) is 5.28. The average molecular weight is 678 g/mol. The highest BCUT2D eigenvalue weighted by Gasteiger charge is 2.26. The van der Waals surface area contributed by atoms with Crippen LogP contribution in [0.1, 0.15) is 26.3 Å². The number of H-pyrrole nitrogens is 1. The number of fused-ring (bicyclic) bond motifs is 1. The molecule has 214 valence electrons. The van der Waals surface area contributed by atoms with Gasteiger partial charge in [0, 0.05) is 33.3 Å². The number of aromatic amines is 1. The maximum atomic E-state index is 13.7. The summed E-state index contributed by atoms with van der Waals surface area (Å²) in [5.74, 6) is -0.464. The Bertz CT molecular complexity index is 1720. The molecule has 1 atom stereocenters. The quantitative estimate of drug-likeness (QED) is 0.159. The molecular formula is C32H29FIN5O3. The van der Waals surface area contributed by atoms with E-state index in [1.54, 1.807) is 51.4 Å². The molecule has 0 saturated heterocycles. The third-order valence-corrected chi connectivity index (χ3v) is 7.09. The van der Waals surface area contributed by atoms with Crippen molar-refractivity contribution in [2.75, 3.05) is 5.32 Å². The van der Waals surface area contributed by atoms with Gasteiger partial charge in [-0.15, -0.1) is 0 Å². The Morgan fingerprint density at radius 1 is 0.952 bits per heavy atom. The summed E-state index contributed by atoms with van der Waals surface area (Å²) in [5.41, 5.74) is 4.03. The number of benzene rings is 2. The van der Waals surface area contributed by atoms with Gasteiger partial charge < -0.3 is 20.4 Å². The van der Waals surface area contributed by atoms with Gasteiger partial charge in [0.25, 0.3) is 0 Å². The Morgan fingerprint density at radius 3 is 2.31 bits per heavy atom. The molecule has 0 spiro atoms. The minimum atomic E-state index is -0.914. The molecule has 3 aromatic heterocycles. The molecule has 0 fully saturated rings. The second-order valence-electron chi connectivity index (χ2n) is 10.7. The molecule has 2 amide bonds. The first-order valence-corrected chi connectivity index (χ1v) is 14.4. The van der Waals surface area contributed by atoms with E-state index in [1.807, 2.05) is 42.5 Å². The van der Waals surface area contributed by atoms with Crippen molar-refractivity contribution in [3.8, 4) is 22.4 Å². The molecule has 8 nitrogen and oxygen atoms in total. The van der Waals surface area contributed by atoms with Gasteiger partial charge in [0.15, 0.2) is 0 Å². The molecule has 2 aromatic carbocycles. The number of halogens is 2. The average Bonchev–Trinajstić information content (AvgIpc) is 3.32. The molecule has 0 bridgehead atoms. The van der Waals surface area contributed by atoms with Gasteiger partial charge in [-0.1, -0.05) is 12.1 Å². The summed E-state index contributed by atoms with van der Waals surface area (Å²) in [6, 6.07) is 20.4. The van der Waals surface area contributed by atoms with Gasteiger partial charge in [-0.25, -0.2) is 14.2 Å². The van der Waals surface area contributed by atoms with E-state index in [4.69, 9.17) is 4.74 Å². The van der Waals surface area contributed by atoms with Crippen molar-refractivity contribution in [2.45, 2.75) is 38.8 Å². The van der Waals surface area contributed by atoms with Crippen LogP contribution < -0.4 is 10.6 Å². The van der Waals surface area contributed by atoms with Gasteiger partial charge in [0.05, 0.1) is 5.69 Å². The lowest BCUT2D eigenvalue weighted by Crippen LogP contribution is -2.47. The molecule has 1 unspecified atom stereocenters. The fourth-order valence-electron chi connectivity index (χ4n) is 4.52. The van der Waals surface area contributed by atoms with Gasteiger partial charge in [-0.3, -0.25) is 9.78 Å². The smallest absolute Gasteiger partial charge is 0.408 e. The summed E-state index contributed by atoms with van der Waals surface area (Å²) in [4.78, 5) is 38.3. The maximum absolute atomic E-state index is 13.7. The molecule has 42 heavy (non-hydrogen) atoms. The summed E-state index contributed by atoms with van der Waals surface area (Å²) < 4.78 is 20.2. The largest absolute Gasteiger partial charge is 0.444 e. The number of amides is 2. The van der Waals surface area contributed by atoms with E-state index >= 15 is 0 Å². The van der Waals surface area contributed by atoms with Gasteiger partial charge in [0.1, 0.15) is 28.9 Å². The molecule has 5 aromatic rings. The van der Waals surface area contributed by atoms with Crippen LogP contribution in [0.15, 0.2) is 85.2 Å². The predicted octanol–water partition coefficient (Wildman–Crippen LogP) is 7.11. The number of carbonyl (C=O) groups is 2. The van der Waals surface area contributed by atoms with E-state index in [0.717, 1.165) is 36.9 Å². The summed E-state index contributed by atoms with van der Waals surface area (Å²) in [7, 11) is 0. The number of nitrogens with zero attached hydrogens (tertiary/aromatic N) is 2. The number of nitrogens with one attached hydrogen (secondary N) is 3. The van der Waals surface area contributed by atoms with Crippen molar-refractivity contribution >= 4 is 51.4 Å². The van der Waals surface area contributed by atoms with Crippen LogP contribution in [0.2, 0.25) is 0 Å². The van der Waals surface area contributed by atoms with Crippen molar-refractivity contribution in [3.05, 3.63) is 100 Å². The molecule has 0 radical (unpaired) electrons. The van der Waals surface area contributed by atoms with Crippen molar-refractivity contribution in [3.63, 3.8) is 0 Å². The van der Waals surface area contributed by atoms with Gasteiger partial charge >= 0.3 is 6.09 Å². The van der Waals surface area contributed by atoms with E-state index < -0.39 is 23.6 Å². The number of carbonyl (C=O) groups excluding carboxylic acids is 2. The number of hydrogen-bond acceptors (Lipinski definition) is 5. The number of alkyl carbamates (subject to hydrolysis) is 1. The number of rotatable bonds is 7. The fourth-order valence-corrected chi connectivity index (χ4v) is 4.88. The van der Waals surface area contributed by atoms with Gasteiger partial charge in [-0.05, 0) is 121 Å².